The number of hydrogen-bond acceptors (Lipinski definition) is 4. The first-order valence-electron chi connectivity index (χ1n) is 6.13. The molecule has 0 aliphatic carbocycles. The summed E-state index contributed by atoms with van der Waals surface area (Å²) in [7, 11) is 0. The highest BCUT2D eigenvalue weighted by molar-refractivity contribution is 6.33. The van der Waals surface area contributed by atoms with Crippen LogP contribution in [0, 0.1) is 0 Å². The van der Waals surface area contributed by atoms with E-state index in [1.807, 2.05) is 0 Å². The van der Waals surface area contributed by atoms with Gasteiger partial charge in [-0.05, 0) is 32.0 Å². The van der Waals surface area contributed by atoms with Crippen LogP contribution in [0.1, 0.15) is 19.3 Å². The minimum absolute atomic E-state index is 0.587. The molecule has 1 aliphatic heterocycles. The Morgan fingerprint density at radius 1 is 1.35 bits per heavy atom. The van der Waals surface area contributed by atoms with Crippen LogP contribution in [-0.4, -0.2) is 36.1 Å². The zero-order chi connectivity index (χ0) is 12.1. The van der Waals surface area contributed by atoms with E-state index in [4.69, 9.17) is 17.3 Å². The fourth-order valence-corrected chi connectivity index (χ4v) is 2.34. The van der Waals surface area contributed by atoms with Gasteiger partial charge in [-0.15, -0.1) is 0 Å². The first kappa shape index (κ1) is 12.5. The number of likely N-dealkylation sites (tertiary alicyclic amines) is 1. The molecule has 17 heavy (non-hydrogen) atoms. The lowest BCUT2D eigenvalue weighted by atomic mass is 10.1. The second-order valence-corrected chi connectivity index (χ2v) is 4.84. The maximum Gasteiger partial charge on any atom is 0.144 e. The Labute approximate surface area is 107 Å². The van der Waals surface area contributed by atoms with Gasteiger partial charge in [-0.3, -0.25) is 0 Å². The average Bonchev–Trinajstić information content (AvgIpc) is 2.33. The molecular weight excluding hydrogens is 236 g/mol. The summed E-state index contributed by atoms with van der Waals surface area (Å²) in [4.78, 5) is 6.65. The van der Waals surface area contributed by atoms with Gasteiger partial charge in [-0.2, -0.15) is 0 Å². The third kappa shape index (κ3) is 3.75. The average molecular weight is 255 g/mol. The van der Waals surface area contributed by atoms with Crippen LogP contribution in [-0.2, 0) is 0 Å². The quantitative estimate of drug-likeness (QED) is 0.865. The van der Waals surface area contributed by atoms with Crippen molar-refractivity contribution < 1.29 is 0 Å². The zero-order valence-electron chi connectivity index (χ0n) is 9.95. The number of nitrogens with zero attached hydrogens (tertiary/aromatic N) is 2. The molecule has 0 bridgehead atoms. The van der Waals surface area contributed by atoms with Gasteiger partial charge >= 0.3 is 0 Å². The largest absolute Gasteiger partial charge is 0.397 e. The Balaban J connectivity index is 1.77. The molecule has 1 aromatic rings. The summed E-state index contributed by atoms with van der Waals surface area (Å²) in [6.07, 6.45) is 5.63. The van der Waals surface area contributed by atoms with E-state index in [-0.39, 0.29) is 0 Å². The molecule has 0 atom stereocenters. The molecule has 1 fully saturated rings. The number of nitrogen functional groups attached to an aromatic ring is 1. The van der Waals surface area contributed by atoms with Gasteiger partial charge < -0.3 is 16.0 Å². The number of rotatable bonds is 4. The van der Waals surface area contributed by atoms with Gasteiger partial charge in [0, 0.05) is 13.1 Å². The number of nitrogens with one attached hydrogen (secondary N) is 1. The standard InChI is InChI=1S/C12H19ClN4/c13-11-8-10(14)9-16-12(11)15-4-7-17-5-2-1-3-6-17/h8-9H,1-7,14H2,(H,15,16). The van der Waals surface area contributed by atoms with Crippen molar-refractivity contribution >= 4 is 23.1 Å². The van der Waals surface area contributed by atoms with Crippen LogP contribution in [0.2, 0.25) is 5.02 Å². The van der Waals surface area contributed by atoms with E-state index in [1.54, 1.807) is 12.3 Å². The van der Waals surface area contributed by atoms with E-state index >= 15 is 0 Å². The molecule has 3 N–H and O–H groups in total. The molecule has 1 aliphatic rings. The monoisotopic (exact) mass is 254 g/mol. The Bertz CT molecular complexity index is 364. The van der Waals surface area contributed by atoms with Crippen molar-refractivity contribution in [2.75, 3.05) is 37.2 Å². The molecule has 0 aromatic carbocycles. The van der Waals surface area contributed by atoms with Gasteiger partial charge in [0.15, 0.2) is 0 Å². The fourth-order valence-electron chi connectivity index (χ4n) is 2.10. The lowest BCUT2D eigenvalue weighted by Crippen LogP contribution is -2.33. The summed E-state index contributed by atoms with van der Waals surface area (Å²) < 4.78 is 0. The van der Waals surface area contributed by atoms with E-state index < -0.39 is 0 Å². The van der Waals surface area contributed by atoms with E-state index in [9.17, 15) is 0 Å². The number of piperidine rings is 1. The molecule has 5 heteroatoms. The molecule has 94 valence electrons. The lowest BCUT2D eigenvalue weighted by molar-refractivity contribution is 0.237. The maximum absolute atomic E-state index is 6.03. The van der Waals surface area contributed by atoms with Crippen LogP contribution in [0.4, 0.5) is 11.5 Å². The Morgan fingerprint density at radius 2 is 2.12 bits per heavy atom. The first-order chi connectivity index (χ1) is 8.25. The van der Waals surface area contributed by atoms with Crippen LogP contribution in [0.3, 0.4) is 0 Å². The minimum Gasteiger partial charge on any atom is -0.397 e. The third-order valence-electron chi connectivity index (χ3n) is 3.03. The molecule has 2 heterocycles. The predicted octanol–water partition coefficient (Wildman–Crippen LogP) is 2.21. The van der Waals surface area contributed by atoms with Crippen molar-refractivity contribution in [3.63, 3.8) is 0 Å². The van der Waals surface area contributed by atoms with Gasteiger partial charge in [0.2, 0.25) is 0 Å². The Kier molecular flexibility index (Phi) is 4.45. The molecular formula is C12H19ClN4. The summed E-state index contributed by atoms with van der Waals surface area (Å²) >= 11 is 6.03. The number of aromatic nitrogens is 1. The molecule has 0 spiro atoms. The second-order valence-electron chi connectivity index (χ2n) is 4.43. The van der Waals surface area contributed by atoms with Gasteiger partial charge in [0.25, 0.3) is 0 Å². The number of halogens is 1. The number of hydrogen-bond donors (Lipinski definition) is 2. The number of pyridine rings is 1. The van der Waals surface area contributed by atoms with E-state index in [1.165, 1.54) is 32.4 Å². The van der Waals surface area contributed by atoms with Crippen LogP contribution < -0.4 is 11.1 Å². The highest BCUT2D eigenvalue weighted by atomic mass is 35.5. The lowest BCUT2D eigenvalue weighted by Gasteiger charge is -2.26. The Morgan fingerprint density at radius 3 is 2.82 bits per heavy atom. The molecule has 2 rings (SSSR count). The molecule has 0 radical (unpaired) electrons. The molecule has 0 amide bonds. The first-order valence-corrected chi connectivity index (χ1v) is 6.51. The van der Waals surface area contributed by atoms with Crippen LogP contribution in [0.25, 0.3) is 0 Å². The summed E-state index contributed by atoms with van der Waals surface area (Å²) in [5.41, 5.74) is 6.18. The summed E-state index contributed by atoms with van der Waals surface area (Å²) in [5, 5.41) is 3.83. The normalized spacial score (nSPS) is 17.0. The van der Waals surface area contributed by atoms with Gasteiger partial charge in [-0.1, -0.05) is 18.0 Å². The summed E-state index contributed by atoms with van der Waals surface area (Å²) in [5.74, 6) is 0.720. The maximum atomic E-state index is 6.03. The van der Waals surface area contributed by atoms with E-state index in [2.05, 4.69) is 15.2 Å². The van der Waals surface area contributed by atoms with Crippen molar-refractivity contribution in [1.82, 2.24) is 9.88 Å². The van der Waals surface area contributed by atoms with Crippen LogP contribution in [0.15, 0.2) is 12.3 Å². The molecule has 1 aromatic heterocycles. The van der Waals surface area contributed by atoms with Crippen molar-refractivity contribution in [1.29, 1.82) is 0 Å². The highest BCUT2D eigenvalue weighted by Gasteiger charge is 2.09. The van der Waals surface area contributed by atoms with E-state index in [0.717, 1.165) is 18.9 Å². The topological polar surface area (TPSA) is 54.2 Å². The molecule has 1 saturated heterocycles. The summed E-state index contributed by atoms with van der Waals surface area (Å²) in [6.45, 7) is 4.34. The van der Waals surface area contributed by atoms with E-state index in [0.29, 0.717) is 10.7 Å². The third-order valence-corrected chi connectivity index (χ3v) is 3.32. The van der Waals surface area contributed by atoms with Crippen molar-refractivity contribution in [3.05, 3.63) is 17.3 Å². The van der Waals surface area contributed by atoms with Gasteiger partial charge in [-0.25, -0.2) is 4.98 Å². The molecule has 0 unspecified atom stereocenters. The molecule has 0 saturated carbocycles. The van der Waals surface area contributed by atoms with Crippen LogP contribution in [0.5, 0.6) is 0 Å². The highest BCUT2D eigenvalue weighted by Crippen LogP contribution is 2.20. The van der Waals surface area contributed by atoms with Crippen molar-refractivity contribution in [2.45, 2.75) is 19.3 Å². The smallest absolute Gasteiger partial charge is 0.144 e. The predicted molar refractivity (Wildman–Crippen MR) is 72.4 cm³/mol. The van der Waals surface area contributed by atoms with Crippen molar-refractivity contribution in [3.8, 4) is 0 Å². The number of anilines is 2. The van der Waals surface area contributed by atoms with Crippen molar-refractivity contribution in [2.24, 2.45) is 0 Å². The second kappa shape index (κ2) is 6.07. The number of nitrogens with two attached hydrogens (primary N) is 1. The van der Waals surface area contributed by atoms with Gasteiger partial charge in [0.05, 0.1) is 16.9 Å². The van der Waals surface area contributed by atoms with Crippen LogP contribution >= 0.6 is 11.6 Å². The fraction of sp³-hybridized carbons (Fsp3) is 0.583. The zero-order valence-corrected chi connectivity index (χ0v) is 10.7. The van der Waals surface area contributed by atoms with Gasteiger partial charge in [0.1, 0.15) is 5.82 Å². The SMILES string of the molecule is Nc1cnc(NCCN2CCCCC2)c(Cl)c1. The summed E-state index contributed by atoms with van der Waals surface area (Å²) in [6, 6.07) is 1.72. The Hall–Kier alpha value is -1.00. The minimum atomic E-state index is 0.587. The molecule has 4 nitrogen and oxygen atoms in total.